The van der Waals surface area contributed by atoms with E-state index in [0.717, 1.165) is 32.1 Å². The van der Waals surface area contributed by atoms with Gasteiger partial charge < -0.3 is 4.74 Å². The Balaban J connectivity index is 1.70. The number of hydrogen-bond acceptors (Lipinski definition) is 3. The van der Waals surface area contributed by atoms with Crippen molar-refractivity contribution < 1.29 is 9.53 Å². The Kier molecular flexibility index (Phi) is 5.33. The van der Waals surface area contributed by atoms with Crippen molar-refractivity contribution in [3.8, 4) is 5.75 Å². The van der Waals surface area contributed by atoms with Gasteiger partial charge in [0.25, 0.3) is 5.91 Å². The van der Waals surface area contributed by atoms with E-state index >= 15 is 0 Å². The van der Waals surface area contributed by atoms with E-state index in [1.165, 1.54) is 0 Å². The lowest BCUT2D eigenvalue weighted by atomic mass is 10.0. The molecular weight excluding hydrogens is 464 g/mol. The Bertz CT molecular complexity index is 1400. The van der Waals surface area contributed by atoms with Crippen LogP contribution in [0.4, 0.5) is 5.69 Å². The molecule has 1 amide bonds. The van der Waals surface area contributed by atoms with Crippen molar-refractivity contribution in [3.63, 3.8) is 0 Å². The number of benzene rings is 4. The van der Waals surface area contributed by atoms with Gasteiger partial charge in [0.1, 0.15) is 11.4 Å². The molecule has 0 unspecified atom stereocenters. The fourth-order valence-corrected chi connectivity index (χ4v) is 4.29. The Morgan fingerprint density at radius 2 is 1.66 bits per heavy atom. The van der Waals surface area contributed by atoms with Crippen molar-refractivity contribution in [2.24, 2.45) is 4.99 Å². The molecule has 0 atom stereocenters. The molecule has 156 valence electrons. The topological polar surface area (TPSA) is 41.9 Å². The van der Waals surface area contributed by atoms with Crippen LogP contribution in [0.3, 0.4) is 0 Å². The molecule has 1 aliphatic rings. The summed E-state index contributed by atoms with van der Waals surface area (Å²) in [5.74, 6) is 1.01. The second-order valence-electron chi connectivity index (χ2n) is 7.35. The fourth-order valence-electron chi connectivity index (χ4n) is 3.91. The molecule has 0 aromatic heterocycles. The van der Waals surface area contributed by atoms with Gasteiger partial charge in [-0.25, -0.2) is 4.99 Å². The average Bonchev–Trinajstić information content (AvgIpc) is 3.15. The van der Waals surface area contributed by atoms with Crippen molar-refractivity contribution >= 4 is 50.2 Å². The number of nitrogens with zero attached hydrogens (tertiary/aromatic N) is 2. The molecule has 0 spiro atoms. The number of methoxy groups -OCH3 is 1. The molecule has 32 heavy (non-hydrogen) atoms. The summed E-state index contributed by atoms with van der Waals surface area (Å²) in [4.78, 5) is 20.1. The summed E-state index contributed by atoms with van der Waals surface area (Å²) < 4.78 is 6.45. The van der Waals surface area contributed by atoms with Gasteiger partial charge in [0.2, 0.25) is 0 Å². The molecule has 4 nitrogen and oxygen atoms in total. The van der Waals surface area contributed by atoms with Crippen LogP contribution >= 0.6 is 15.9 Å². The van der Waals surface area contributed by atoms with Gasteiger partial charge in [-0.05, 0) is 52.7 Å². The molecule has 0 fully saturated rings. The van der Waals surface area contributed by atoms with E-state index < -0.39 is 0 Å². The zero-order valence-electron chi connectivity index (χ0n) is 17.3. The van der Waals surface area contributed by atoms with E-state index in [1.54, 1.807) is 12.0 Å². The van der Waals surface area contributed by atoms with E-state index in [9.17, 15) is 4.79 Å². The molecule has 4 aromatic rings. The van der Waals surface area contributed by atoms with Gasteiger partial charge in [-0.3, -0.25) is 9.69 Å². The maximum atomic E-state index is 13.6. The van der Waals surface area contributed by atoms with Crippen molar-refractivity contribution in [2.45, 2.75) is 0 Å². The van der Waals surface area contributed by atoms with Crippen LogP contribution < -0.4 is 9.64 Å². The third kappa shape index (κ3) is 3.61. The largest absolute Gasteiger partial charge is 0.496 e. The van der Waals surface area contributed by atoms with E-state index in [1.807, 2.05) is 78.9 Å². The Morgan fingerprint density at radius 1 is 0.906 bits per heavy atom. The van der Waals surface area contributed by atoms with Gasteiger partial charge in [0.15, 0.2) is 5.84 Å². The van der Waals surface area contributed by atoms with Crippen molar-refractivity contribution in [1.82, 2.24) is 0 Å². The zero-order valence-corrected chi connectivity index (χ0v) is 18.9. The van der Waals surface area contributed by atoms with E-state index in [-0.39, 0.29) is 5.91 Å². The molecule has 4 aromatic carbocycles. The number of carbonyl (C=O) groups excluding carboxylic acids is 1. The number of halogens is 1. The van der Waals surface area contributed by atoms with Crippen molar-refractivity contribution in [1.29, 1.82) is 0 Å². The van der Waals surface area contributed by atoms with Gasteiger partial charge in [0.05, 0.1) is 18.4 Å². The second kappa shape index (κ2) is 8.44. The molecule has 0 N–H and O–H groups in total. The molecule has 1 heterocycles. The lowest BCUT2D eigenvalue weighted by Crippen LogP contribution is -2.32. The Labute approximate surface area is 194 Å². The summed E-state index contributed by atoms with van der Waals surface area (Å²) in [6.45, 7) is 0. The molecule has 5 rings (SSSR count). The summed E-state index contributed by atoms with van der Waals surface area (Å²) in [6, 6.07) is 29.4. The standard InChI is InChI=1S/C27H19BrN2O2/c1-32-25-15-5-4-14-23(25)26-29-24(27(31)30(26)21-12-7-11-20(28)17-21)16-19-10-6-9-18-8-2-3-13-22(18)19/h2-17H,1H3/b24-16+. The quantitative estimate of drug-likeness (QED) is 0.313. The SMILES string of the molecule is COc1ccccc1C1=N/C(=C/c2cccc3ccccc23)C(=O)N1c1cccc(Br)c1. The van der Waals surface area contributed by atoms with Crippen LogP contribution in [-0.2, 0) is 4.79 Å². The number of amidine groups is 1. The fraction of sp³-hybridized carbons (Fsp3) is 0.0370. The predicted molar refractivity (Wildman–Crippen MR) is 133 cm³/mol. The first kappa shape index (κ1) is 20.2. The minimum absolute atomic E-state index is 0.183. The summed E-state index contributed by atoms with van der Waals surface area (Å²) in [6.07, 6.45) is 1.86. The average molecular weight is 483 g/mol. The minimum atomic E-state index is -0.183. The van der Waals surface area contributed by atoms with Crippen LogP contribution in [0.2, 0.25) is 0 Å². The van der Waals surface area contributed by atoms with Gasteiger partial charge in [-0.2, -0.15) is 0 Å². The van der Waals surface area contributed by atoms with E-state index in [0.29, 0.717) is 17.3 Å². The number of anilines is 1. The number of amides is 1. The number of rotatable bonds is 4. The van der Waals surface area contributed by atoms with Crippen LogP contribution in [0.15, 0.2) is 106 Å². The summed E-state index contributed by atoms with van der Waals surface area (Å²) in [5.41, 5.74) is 2.81. The third-order valence-electron chi connectivity index (χ3n) is 5.39. The summed E-state index contributed by atoms with van der Waals surface area (Å²) in [5, 5.41) is 2.19. The van der Waals surface area contributed by atoms with Crippen LogP contribution in [0.1, 0.15) is 11.1 Å². The minimum Gasteiger partial charge on any atom is -0.496 e. The molecule has 1 aliphatic heterocycles. The van der Waals surface area contributed by atoms with Crippen molar-refractivity contribution in [2.75, 3.05) is 12.0 Å². The number of fused-ring (bicyclic) bond motifs is 1. The number of ether oxygens (including phenoxy) is 1. The first-order valence-electron chi connectivity index (χ1n) is 10.2. The monoisotopic (exact) mass is 482 g/mol. The number of hydrogen-bond donors (Lipinski definition) is 0. The zero-order chi connectivity index (χ0) is 22.1. The van der Waals surface area contributed by atoms with Crippen molar-refractivity contribution in [3.05, 3.63) is 112 Å². The van der Waals surface area contributed by atoms with Crippen LogP contribution in [0, 0.1) is 0 Å². The number of para-hydroxylation sites is 1. The maximum Gasteiger partial charge on any atom is 0.282 e. The highest BCUT2D eigenvalue weighted by Crippen LogP contribution is 2.33. The van der Waals surface area contributed by atoms with Crippen LogP contribution in [-0.4, -0.2) is 18.9 Å². The second-order valence-corrected chi connectivity index (χ2v) is 8.27. The highest BCUT2D eigenvalue weighted by molar-refractivity contribution is 9.10. The maximum absolute atomic E-state index is 13.6. The molecular formula is C27H19BrN2O2. The van der Waals surface area contributed by atoms with Gasteiger partial charge in [0, 0.05) is 4.47 Å². The first-order chi connectivity index (χ1) is 15.7. The van der Waals surface area contributed by atoms with Gasteiger partial charge >= 0.3 is 0 Å². The molecule has 0 aliphatic carbocycles. The molecule has 5 heteroatoms. The smallest absolute Gasteiger partial charge is 0.282 e. The number of aliphatic imine (C=N–C) groups is 1. The highest BCUT2D eigenvalue weighted by Gasteiger charge is 2.34. The molecule has 0 bridgehead atoms. The first-order valence-corrected chi connectivity index (χ1v) is 11.0. The van der Waals surface area contributed by atoms with Gasteiger partial charge in [-0.15, -0.1) is 0 Å². The lowest BCUT2D eigenvalue weighted by Gasteiger charge is -2.20. The number of carbonyl (C=O) groups is 1. The summed E-state index contributed by atoms with van der Waals surface area (Å²) >= 11 is 3.51. The van der Waals surface area contributed by atoms with Crippen LogP contribution in [0.25, 0.3) is 16.8 Å². The molecule has 0 radical (unpaired) electrons. The van der Waals surface area contributed by atoms with Gasteiger partial charge in [-0.1, -0.05) is 76.6 Å². The predicted octanol–water partition coefficient (Wildman–Crippen LogP) is 6.45. The normalized spacial score (nSPS) is 14.8. The lowest BCUT2D eigenvalue weighted by molar-refractivity contribution is -0.113. The van der Waals surface area contributed by atoms with E-state index in [4.69, 9.17) is 9.73 Å². The highest BCUT2D eigenvalue weighted by atomic mass is 79.9. The van der Waals surface area contributed by atoms with Crippen LogP contribution in [0.5, 0.6) is 5.75 Å². The van der Waals surface area contributed by atoms with E-state index in [2.05, 4.69) is 34.1 Å². The third-order valence-corrected chi connectivity index (χ3v) is 5.88. The molecule has 0 saturated carbocycles. The Hall–Kier alpha value is -3.70. The summed E-state index contributed by atoms with van der Waals surface area (Å²) in [7, 11) is 1.62. The Morgan fingerprint density at radius 3 is 2.50 bits per heavy atom. The molecule has 0 saturated heterocycles.